The van der Waals surface area contributed by atoms with Gasteiger partial charge in [0.05, 0.1) is 33.3 Å². The number of fused-ring (bicyclic) bond motifs is 1. The highest BCUT2D eigenvalue weighted by molar-refractivity contribution is 5.90. The molecule has 2 aromatic heterocycles. The number of nitrogens with one attached hydrogen (secondary N) is 2. The van der Waals surface area contributed by atoms with Crippen LogP contribution >= 0.6 is 0 Å². The summed E-state index contributed by atoms with van der Waals surface area (Å²) >= 11 is 0. The van der Waals surface area contributed by atoms with E-state index in [1.54, 1.807) is 43.1 Å². The third-order valence-electron chi connectivity index (χ3n) is 8.96. The highest BCUT2D eigenvalue weighted by Crippen LogP contribution is 2.43. The highest BCUT2D eigenvalue weighted by Gasteiger charge is 2.42. The summed E-state index contributed by atoms with van der Waals surface area (Å²) in [6.07, 6.45) is -0.830. The molecule has 0 bridgehead atoms. The number of para-hydroxylation sites is 1. The average Bonchev–Trinajstić information content (AvgIpc) is 3.78. The van der Waals surface area contributed by atoms with Gasteiger partial charge in [-0.15, -0.1) is 0 Å². The fourth-order valence-corrected chi connectivity index (χ4v) is 6.35. The third kappa shape index (κ3) is 6.97. The number of anilines is 1. The molecule has 1 fully saturated rings. The maximum atomic E-state index is 12.9. The number of carbonyl (C=O) groups excluding carboxylic acids is 1. The van der Waals surface area contributed by atoms with Crippen molar-refractivity contribution in [2.24, 2.45) is 0 Å². The first kappa shape index (κ1) is 34.4. The van der Waals surface area contributed by atoms with Gasteiger partial charge in [-0.3, -0.25) is 24.5 Å². The van der Waals surface area contributed by atoms with Gasteiger partial charge < -0.3 is 28.8 Å². The number of aromatic nitrogens is 4. The summed E-state index contributed by atoms with van der Waals surface area (Å²) in [7, 11) is 3.23. The van der Waals surface area contributed by atoms with E-state index >= 15 is 0 Å². The minimum Gasteiger partial charge on any atom is -0.497 e. The van der Waals surface area contributed by atoms with Gasteiger partial charge >= 0.3 is 0 Å². The van der Waals surface area contributed by atoms with Crippen LogP contribution in [0.1, 0.15) is 29.3 Å². The van der Waals surface area contributed by atoms with E-state index in [-0.39, 0.29) is 36.7 Å². The van der Waals surface area contributed by atoms with E-state index < -0.39 is 35.5 Å². The molecule has 3 N–H and O–H groups in total. The largest absolute Gasteiger partial charge is 0.497 e. The van der Waals surface area contributed by atoms with Gasteiger partial charge in [-0.2, -0.15) is 4.98 Å². The Labute approximate surface area is 298 Å². The number of methoxy groups -OCH3 is 2. The van der Waals surface area contributed by atoms with Crippen molar-refractivity contribution >= 4 is 23.0 Å². The Morgan fingerprint density at radius 3 is 2.10 bits per heavy atom. The molecule has 7 rings (SSSR count). The third-order valence-corrected chi connectivity index (χ3v) is 8.96. The second kappa shape index (κ2) is 15.1. The quantitative estimate of drug-likeness (QED) is 0.143. The minimum atomic E-state index is -1.12. The molecule has 0 spiro atoms. The lowest BCUT2D eigenvalue weighted by molar-refractivity contribution is -0.118. The van der Waals surface area contributed by atoms with Crippen molar-refractivity contribution in [2.75, 3.05) is 32.8 Å². The molecule has 0 radical (unpaired) electrons. The van der Waals surface area contributed by atoms with Crippen molar-refractivity contribution in [3.8, 4) is 17.2 Å². The smallest absolute Gasteiger partial charge is 0.280 e. The number of rotatable bonds is 13. The first-order chi connectivity index (χ1) is 25.4. The molecule has 4 aromatic carbocycles. The van der Waals surface area contributed by atoms with Crippen LogP contribution in [0.5, 0.6) is 17.2 Å². The highest BCUT2D eigenvalue weighted by atomic mass is 16.6. The predicted molar refractivity (Wildman–Crippen MR) is 192 cm³/mol. The first-order valence-corrected chi connectivity index (χ1v) is 16.6. The van der Waals surface area contributed by atoms with Crippen LogP contribution in [0.4, 0.5) is 5.95 Å². The molecule has 1 saturated heterocycles. The van der Waals surface area contributed by atoms with Crippen LogP contribution in [0.2, 0.25) is 0 Å². The molecular formula is C39H37N5O8. The Morgan fingerprint density at radius 1 is 0.885 bits per heavy atom. The van der Waals surface area contributed by atoms with E-state index in [0.29, 0.717) is 17.2 Å². The van der Waals surface area contributed by atoms with Crippen molar-refractivity contribution < 1.29 is 33.6 Å². The lowest BCUT2D eigenvalue weighted by atomic mass is 9.80. The van der Waals surface area contributed by atoms with Crippen LogP contribution in [0.15, 0.2) is 120 Å². The first-order valence-electron chi connectivity index (χ1n) is 16.6. The standard InChI is InChI=1S/C39H37N5O8/c1-48-28-17-13-26(14-18-28)39(25-9-5-3-6-10-25,27-15-19-29(49-2)20-16-27)51-22-32-31(45)21-34(52-32)44-24-40-35-36(44)42-38(43-37(35)47)41-33(46)23-50-30-11-7-4-8-12-30/h3-20,24,31-32,34,45H,21-23H2,1-2H3,(H2,41,42,43,46,47). The van der Waals surface area contributed by atoms with Crippen LogP contribution in [-0.2, 0) is 19.9 Å². The molecule has 1 amide bonds. The summed E-state index contributed by atoms with van der Waals surface area (Å²) in [6, 6.07) is 34.0. The topological polar surface area (TPSA) is 159 Å². The van der Waals surface area contributed by atoms with Gasteiger partial charge in [0.25, 0.3) is 11.5 Å². The molecule has 52 heavy (non-hydrogen) atoms. The number of ether oxygens (including phenoxy) is 5. The van der Waals surface area contributed by atoms with Crippen molar-refractivity contribution in [1.82, 2.24) is 19.5 Å². The van der Waals surface area contributed by atoms with Crippen LogP contribution in [0, 0.1) is 0 Å². The van der Waals surface area contributed by atoms with Gasteiger partial charge in [-0.05, 0) is 53.1 Å². The predicted octanol–water partition coefficient (Wildman–Crippen LogP) is 4.81. The summed E-state index contributed by atoms with van der Waals surface area (Å²) < 4.78 is 31.3. The summed E-state index contributed by atoms with van der Waals surface area (Å²) in [5.41, 5.74) is 1.10. The lowest BCUT2D eigenvalue weighted by Gasteiger charge is -2.37. The van der Waals surface area contributed by atoms with Crippen LogP contribution < -0.4 is 25.1 Å². The van der Waals surface area contributed by atoms with E-state index in [1.165, 1.54) is 6.33 Å². The zero-order chi connectivity index (χ0) is 36.1. The number of H-pyrrole nitrogens is 1. The fourth-order valence-electron chi connectivity index (χ4n) is 6.35. The second-order valence-corrected chi connectivity index (χ2v) is 12.1. The molecule has 1 aliphatic rings. The number of carbonyl (C=O) groups is 1. The number of aliphatic hydroxyl groups excluding tert-OH is 1. The van der Waals surface area contributed by atoms with E-state index in [9.17, 15) is 14.7 Å². The maximum Gasteiger partial charge on any atom is 0.280 e. The number of aromatic amines is 1. The molecule has 13 heteroatoms. The SMILES string of the molecule is COc1ccc(C(OCC2OC(n3cnc4c(=O)[nH]c(NC(=O)COc5ccccc5)nc43)CC2O)(c2ccccc2)c2ccc(OC)cc2)cc1. The molecular weight excluding hydrogens is 666 g/mol. The van der Waals surface area contributed by atoms with Gasteiger partial charge in [0.2, 0.25) is 5.95 Å². The molecule has 6 aromatic rings. The molecule has 0 aliphatic carbocycles. The Balaban J connectivity index is 1.15. The summed E-state index contributed by atoms with van der Waals surface area (Å²) in [5.74, 6) is 1.32. The summed E-state index contributed by atoms with van der Waals surface area (Å²) in [4.78, 5) is 36.8. The van der Waals surface area contributed by atoms with E-state index in [0.717, 1.165) is 16.7 Å². The normalized spacial score (nSPS) is 17.2. The Bertz CT molecular complexity index is 2130. The van der Waals surface area contributed by atoms with Gasteiger partial charge in [-0.1, -0.05) is 72.8 Å². The lowest BCUT2D eigenvalue weighted by Crippen LogP contribution is -2.38. The second-order valence-electron chi connectivity index (χ2n) is 12.1. The van der Waals surface area contributed by atoms with Gasteiger partial charge in [0.15, 0.2) is 17.8 Å². The molecule has 1 aliphatic heterocycles. The number of nitrogens with zero attached hydrogens (tertiary/aromatic N) is 3. The molecule has 3 heterocycles. The van der Waals surface area contributed by atoms with Crippen molar-refractivity contribution in [3.63, 3.8) is 0 Å². The zero-order valence-corrected chi connectivity index (χ0v) is 28.5. The van der Waals surface area contributed by atoms with Crippen LogP contribution in [-0.4, -0.2) is 70.2 Å². The number of hydrogen-bond donors (Lipinski definition) is 3. The molecule has 0 saturated carbocycles. The van der Waals surface area contributed by atoms with Crippen molar-refractivity contribution in [3.05, 3.63) is 143 Å². The number of benzene rings is 4. The number of aliphatic hydroxyl groups is 1. The Hall–Kier alpha value is -6.02. The number of imidazole rings is 1. The van der Waals surface area contributed by atoms with Crippen LogP contribution in [0.25, 0.3) is 11.2 Å². The van der Waals surface area contributed by atoms with Gasteiger partial charge in [0, 0.05) is 6.42 Å². The summed E-state index contributed by atoms with van der Waals surface area (Å²) in [5, 5.41) is 13.9. The van der Waals surface area contributed by atoms with Gasteiger partial charge in [-0.25, -0.2) is 4.98 Å². The Morgan fingerprint density at radius 2 is 1.48 bits per heavy atom. The van der Waals surface area contributed by atoms with Gasteiger partial charge in [0.1, 0.15) is 35.2 Å². The van der Waals surface area contributed by atoms with Crippen LogP contribution in [0.3, 0.4) is 0 Å². The molecule has 13 nitrogen and oxygen atoms in total. The van der Waals surface area contributed by atoms with Crippen molar-refractivity contribution in [2.45, 2.75) is 30.5 Å². The fraction of sp³-hybridized carbons (Fsp3) is 0.231. The molecule has 3 unspecified atom stereocenters. The Kier molecular flexibility index (Phi) is 9.98. The molecule has 3 atom stereocenters. The monoisotopic (exact) mass is 703 g/mol. The maximum absolute atomic E-state index is 12.9. The zero-order valence-electron chi connectivity index (χ0n) is 28.5. The van der Waals surface area contributed by atoms with Crippen molar-refractivity contribution in [1.29, 1.82) is 0 Å². The van der Waals surface area contributed by atoms with E-state index in [1.807, 2.05) is 84.9 Å². The molecule has 266 valence electrons. The number of amides is 1. The van der Waals surface area contributed by atoms with E-state index in [4.69, 9.17) is 23.7 Å². The minimum absolute atomic E-state index is 0.00597. The van der Waals surface area contributed by atoms with E-state index in [2.05, 4.69) is 20.3 Å². The number of hydrogen-bond acceptors (Lipinski definition) is 10. The summed E-state index contributed by atoms with van der Waals surface area (Å²) in [6.45, 7) is -0.295. The average molecular weight is 704 g/mol.